The molecule has 2 aromatic rings. The van der Waals surface area contributed by atoms with Gasteiger partial charge in [0, 0.05) is 22.6 Å². The maximum absolute atomic E-state index is 12.3. The zero-order valence-electron chi connectivity index (χ0n) is 16.6. The number of carbonyl (C=O) groups excluding carboxylic acids is 3. The highest BCUT2D eigenvalue weighted by Crippen LogP contribution is 2.20. The predicted molar refractivity (Wildman–Crippen MR) is 112 cm³/mol. The minimum atomic E-state index is -0.942. The molecule has 0 fully saturated rings. The van der Waals surface area contributed by atoms with Crippen LogP contribution in [0.3, 0.4) is 0 Å². The van der Waals surface area contributed by atoms with Crippen LogP contribution in [-0.4, -0.2) is 30.0 Å². The molecule has 0 spiro atoms. The van der Waals surface area contributed by atoms with E-state index >= 15 is 0 Å². The van der Waals surface area contributed by atoms with Crippen molar-refractivity contribution in [2.75, 3.05) is 11.6 Å². The highest BCUT2D eigenvalue weighted by molar-refractivity contribution is 7.98. The standard InChI is InChI=1S/C22H25NO4S/c1-14-6-5-7-15(2)21(14)23-22(26)16(3)27-20(25)13-12-19(24)17-8-10-18(28-4)11-9-17/h5-11,16H,12-13H2,1-4H3,(H,23,26)/t16-/m0/s1. The Hall–Kier alpha value is -2.60. The van der Waals surface area contributed by atoms with Gasteiger partial charge < -0.3 is 10.1 Å². The normalized spacial score (nSPS) is 11.6. The summed E-state index contributed by atoms with van der Waals surface area (Å²) in [4.78, 5) is 37.6. The number of para-hydroxylation sites is 1. The van der Waals surface area contributed by atoms with Crippen molar-refractivity contribution in [2.24, 2.45) is 0 Å². The Balaban J connectivity index is 1.84. The molecule has 28 heavy (non-hydrogen) atoms. The van der Waals surface area contributed by atoms with E-state index in [-0.39, 0.29) is 18.6 Å². The summed E-state index contributed by atoms with van der Waals surface area (Å²) >= 11 is 1.60. The summed E-state index contributed by atoms with van der Waals surface area (Å²) < 4.78 is 5.18. The maximum Gasteiger partial charge on any atom is 0.307 e. The van der Waals surface area contributed by atoms with Crippen LogP contribution >= 0.6 is 11.8 Å². The van der Waals surface area contributed by atoms with Gasteiger partial charge in [0.25, 0.3) is 5.91 Å². The number of carbonyl (C=O) groups is 3. The lowest BCUT2D eigenvalue weighted by Gasteiger charge is -2.16. The van der Waals surface area contributed by atoms with Crippen LogP contribution in [0, 0.1) is 13.8 Å². The first-order valence-electron chi connectivity index (χ1n) is 9.05. The quantitative estimate of drug-likeness (QED) is 0.400. The molecule has 1 amide bonds. The van der Waals surface area contributed by atoms with Crippen molar-refractivity contribution in [3.05, 3.63) is 59.2 Å². The highest BCUT2D eigenvalue weighted by atomic mass is 32.2. The average molecular weight is 400 g/mol. The molecule has 1 N–H and O–H groups in total. The number of hydrogen-bond donors (Lipinski definition) is 1. The third kappa shape index (κ3) is 5.96. The van der Waals surface area contributed by atoms with Gasteiger partial charge in [0.05, 0.1) is 6.42 Å². The fourth-order valence-corrected chi connectivity index (χ4v) is 3.09. The van der Waals surface area contributed by atoms with Crippen molar-refractivity contribution in [1.29, 1.82) is 0 Å². The van der Waals surface area contributed by atoms with E-state index in [9.17, 15) is 14.4 Å². The van der Waals surface area contributed by atoms with Crippen LogP contribution in [0.25, 0.3) is 0 Å². The first-order chi connectivity index (χ1) is 13.3. The Bertz CT molecular complexity index is 841. The van der Waals surface area contributed by atoms with E-state index in [1.54, 1.807) is 23.9 Å². The van der Waals surface area contributed by atoms with Crippen molar-refractivity contribution in [2.45, 2.75) is 44.6 Å². The number of thioether (sulfide) groups is 1. The Morgan fingerprint density at radius 3 is 2.18 bits per heavy atom. The molecular formula is C22H25NO4S. The Morgan fingerprint density at radius 2 is 1.61 bits per heavy atom. The van der Waals surface area contributed by atoms with Gasteiger partial charge in [-0.3, -0.25) is 14.4 Å². The molecule has 0 aromatic heterocycles. The number of esters is 1. The molecule has 1 atom stereocenters. The van der Waals surface area contributed by atoms with Crippen molar-refractivity contribution in [3.8, 4) is 0 Å². The Morgan fingerprint density at radius 1 is 1.00 bits per heavy atom. The molecule has 6 heteroatoms. The molecule has 0 saturated carbocycles. The Kier molecular flexibility index (Phi) is 7.81. The summed E-state index contributed by atoms with van der Waals surface area (Å²) in [6.07, 6.45) is 1.000. The maximum atomic E-state index is 12.3. The summed E-state index contributed by atoms with van der Waals surface area (Å²) in [5.41, 5.74) is 3.15. The van der Waals surface area contributed by atoms with Crippen LogP contribution in [-0.2, 0) is 14.3 Å². The topological polar surface area (TPSA) is 72.5 Å². The third-order valence-electron chi connectivity index (χ3n) is 4.37. The molecule has 0 heterocycles. The summed E-state index contributed by atoms with van der Waals surface area (Å²) in [6.45, 7) is 5.32. The molecule has 0 bridgehead atoms. The Labute approximate surface area is 169 Å². The second kappa shape index (κ2) is 10.1. The number of ether oxygens (including phenoxy) is 1. The van der Waals surface area contributed by atoms with Crippen LogP contribution in [0.5, 0.6) is 0 Å². The molecule has 0 radical (unpaired) electrons. The second-order valence-corrected chi connectivity index (χ2v) is 7.42. The number of hydrogen-bond acceptors (Lipinski definition) is 5. The molecule has 2 aromatic carbocycles. The lowest BCUT2D eigenvalue weighted by Crippen LogP contribution is -2.30. The molecule has 0 aliphatic carbocycles. The summed E-state index contributed by atoms with van der Waals surface area (Å²) in [5, 5.41) is 2.80. The van der Waals surface area contributed by atoms with Crippen molar-refractivity contribution >= 4 is 35.1 Å². The zero-order chi connectivity index (χ0) is 20.7. The minimum Gasteiger partial charge on any atom is -0.453 e. The molecule has 148 valence electrons. The van der Waals surface area contributed by atoms with E-state index in [0.29, 0.717) is 5.56 Å². The van der Waals surface area contributed by atoms with Crippen molar-refractivity contribution in [1.82, 2.24) is 0 Å². The third-order valence-corrected chi connectivity index (χ3v) is 5.12. The predicted octanol–water partition coefficient (Wildman–Crippen LogP) is 4.56. The molecule has 2 rings (SSSR count). The second-order valence-electron chi connectivity index (χ2n) is 6.54. The number of rotatable bonds is 8. The fraction of sp³-hybridized carbons (Fsp3) is 0.318. The van der Waals surface area contributed by atoms with E-state index in [2.05, 4.69) is 5.32 Å². The van der Waals surface area contributed by atoms with Gasteiger partial charge in [-0.1, -0.05) is 30.3 Å². The van der Waals surface area contributed by atoms with E-state index < -0.39 is 18.0 Å². The number of ketones is 1. The van der Waals surface area contributed by atoms with Crippen LogP contribution in [0.2, 0.25) is 0 Å². The van der Waals surface area contributed by atoms with Crippen LogP contribution in [0.4, 0.5) is 5.69 Å². The van der Waals surface area contributed by atoms with Gasteiger partial charge >= 0.3 is 5.97 Å². The fourth-order valence-electron chi connectivity index (χ4n) is 2.68. The summed E-state index contributed by atoms with van der Waals surface area (Å²) in [6, 6.07) is 13.0. The summed E-state index contributed by atoms with van der Waals surface area (Å²) in [5.74, 6) is -1.10. The van der Waals surface area contributed by atoms with E-state index in [1.165, 1.54) is 6.92 Å². The van der Waals surface area contributed by atoms with Gasteiger partial charge in [0.1, 0.15) is 0 Å². The lowest BCUT2D eigenvalue weighted by atomic mass is 10.1. The monoisotopic (exact) mass is 399 g/mol. The minimum absolute atomic E-state index is 0.0443. The van der Waals surface area contributed by atoms with Gasteiger partial charge in [-0.2, -0.15) is 0 Å². The van der Waals surface area contributed by atoms with Crippen LogP contribution in [0.1, 0.15) is 41.3 Å². The van der Waals surface area contributed by atoms with E-state index in [4.69, 9.17) is 4.74 Å². The van der Waals surface area contributed by atoms with E-state index in [0.717, 1.165) is 21.7 Å². The van der Waals surface area contributed by atoms with Crippen molar-refractivity contribution in [3.63, 3.8) is 0 Å². The smallest absolute Gasteiger partial charge is 0.307 e. The van der Waals surface area contributed by atoms with Crippen LogP contribution in [0.15, 0.2) is 47.4 Å². The first-order valence-corrected chi connectivity index (χ1v) is 10.3. The number of aryl methyl sites for hydroxylation is 2. The number of anilines is 1. The van der Waals surface area contributed by atoms with E-state index in [1.807, 2.05) is 50.4 Å². The molecule has 0 aliphatic heterocycles. The van der Waals surface area contributed by atoms with Gasteiger partial charge in [0.15, 0.2) is 11.9 Å². The number of amides is 1. The lowest BCUT2D eigenvalue weighted by molar-refractivity contribution is -0.153. The molecule has 5 nitrogen and oxygen atoms in total. The summed E-state index contributed by atoms with van der Waals surface area (Å²) in [7, 11) is 0. The average Bonchev–Trinajstić information content (AvgIpc) is 2.68. The number of benzene rings is 2. The van der Waals surface area contributed by atoms with Gasteiger partial charge in [-0.15, -0.1) is 11.8 Å². The van der Waals surface area contributed by atoms with Gasteiger partial charge in [0.2, 0.25) is 0 Å². The van der Waals surface area contributed by atoms with Crippen LogP contribution < -0.4 is 5.32 Å². The molecule has 0 saturated heterocycles. The molecular weight excluding hydrogens is 374 g/mol. The zero-order valence-corrected chi connectivity index (χ0v) is 17.4. The molecule has 0 unspecified atom stereocenters. The largest absolute Gasteiger partial charge is 0.453 e. The molecule has 0 aliphatic rings. The van der Waals surface area contributed by atoms with Crippen molar-refractivity contribution < 1.29 is 19.1 Å². The number of nitrogens with one attached hydrogen (secondary N) is 1. The SMILES string of the molecule is CSc1ccc(C(=O)CCC(=O)O[C@@H](C)C(=O)Nc2c(C)cccc2C)cc1. The first kappa shape index (κ1) is 21.7. The number of Topliss-reactive ketones (excluding diaryl/α,β-unsaturated/α-hetero) is 1. The highest BCUT2D eigenvalue weighted by Gasteiger charge is 2.20. The van der Waals surface area contributed by atoms with Gasteiger partial charge in [-0.05, 0) is 50.3 Å². The van der Waals surface area contributed by atoms with Gasteiger partial charge in [-0.25, -0.2) is 0 Å².